The number of carbonyl (C=O) groups is 2. The van der Waals surface area contributed by atoms with Gasteiger partial charge in [-0.25, -0.2) is 0 Å². The monoisotopic (exact) mass is 491 g/mol. The summed E-state index contributed by atoms with van der Waals surface area (Å²) >= 11 is 3.41. The summed E-state index contributed by atoms with van der Waals surface area (Å²) in [5.74, 6) is -1.11. The lowest BCUT2D eigenvalue weighted by Crippen LogP contribution is -2.36. The number of aryl methyl sites for hydroxylation is 1. The zero-order valence-corrected chi connectivity index (χ0v) is 18.2. The van der Waals surface area contributed by atoms with Crippen LogP contribution >= 0.6 is 15.9 Å². The van der Waals surface area contributed by atoms with Crippen molar-refractivity contribution in [2.45, 2.75) is 20.4 Å². The normalized spacial score (nSPS) is 10.7. The van der Waals surface area contributed by atoms with E-state index in [1.165, 1.54) is 18.2 Å². The van der Waals surface area contributed by atoms with Gasteiger partial charge in [0.05, 0.1) is 20.8 Å². The van der Waals surface area contributed by atoms with E-state index in [2.05, 4.69) is 41.8 Å². The molecule has 31 heavy (non-hydrogen) atoms. The van der Waals surface area contributed by atoms with Gasteiger partial charge in [-0.3, -0.25) is 24.4 Å². The quantitative estimate of drug-likeness (QED) is 0.274. The van der Waals surface area contributed by atoms with Crippen molar-refractivity contribution in [3.05, 3.63) is 56.1 Å². The number of nitro groups is 1. The van der Waals surface area contributed by atoms with Gasteiger partial charge in [-0.1, -0.05) is 17.3 Å². The smallest absolute Gasteiger partial charge is 0.316 e. The highest BCUT2D eigenvalue weighted by molar-refractivity contribution is 9.10. The molecule has 12 nitrogen and oxygen atoms in total. The first-order chi connectivity index (χ1) is 14.8. The molecule has 2 N–H and O–H groups in total. The molecular weight excluding hydrogens is 474 g/mol. The molecule has 0 saturated heterocycles. The zero-order valence-electron chi connectivity index (χ0n) is 16.6. The van der Waals surface area contributed by atoms with Gasteiger partial charge in [-0.05, 0) is 29.8 Å². The minimum Gasteiger partial charge on any atom is -0.353 e. The van der Waals surface area contributed by atoms with Crippen molar-refractivity contribution < 1.29 is 19.0 Å². The largest absolute Gasteiger partial charge is 0.353 e. The molecule has 162 valence electrons. The molecule has 0 saturated carbocycles. The molecule has 0 fully saturated rings. The van der Waals surface area contributed by atoms with Crippen LogP contribution in [0, 0.1) is 24.0 Å². The van der Waals surface area contributed by atoms with Gasteiger partial charge in [0.2, 0.25) is 11.7 Å². The maximum Gasteiger partial charge on any atom is 0.316 e. The third-order valence-electron chi connectivity index (χ3n) is 4.25. The van der Waals surface area contributed by atoms with Crippen LogP contribution in [0.4, 0.5) is 5.69 Å². The first kappa shape index (κ1) is 22.1. The van der Waals surface area contributed by atoms with E-state index in [0.717, 1.165) is 15.9 Å². The summed E-state index contributed by atoms with van der Waals surface area (Å²) < 4.78 is 7.36. The highest BCUT2D eigenvalue weighted by Crippen LogP contribution is 2.21. The van der Waals surface area contributed by atoms with Gasteiger partial charge in [-0.15, -0.1) is 0 Å². The second-order valence-electron chi connectivity index (χ2n) is 6.48. The summed E-state index contributed by atoms with van der Waals surface area (Å²) in [7, 11) is 0. The van der Waals surface area contributed by atoms with Crippen LogP contribution in [-0.2, 0) is 11.3 Å². The molecule has 0 aliphatic carbocycles. The zero-order chi connectivity index (χ0) is 22.5. The minimum atomic E-state index is -0.624. The van der Waals surface area contributed by atoms with Crippen molar-refractivity contribution in [3.63, 3.8) is 0 Å². The molecule has 0 atom stereocenters. The Bertz CT molecular complexity index is 1140. The van der Waals surface area contributed by atoms with Gasteiger partial charge in [-0.2, -0.15) is 10.1 Å². The van der Waals surface area contributed by atoms with E-state index in [1.807, 2.05) is 13.8 Å². The average molecular weight is 492 g/mol. The molecule has 3 aromatic rings. The number of benzene rings is 1. The number of carbonyl (C=O) groups excluding carboxylic acids is 2. The molecule has 0 spiro atoms. The van der Waals surface area contributed by atoms with E-state index < -0.39 is 10.8 Å². The van der Waals surface area contributed by atoms with Gasteiger partial charge in [0.1, 0.15) is 6.54 Å². The Morgan fingerprint density at radius 3 is 2.68 bits per heavy atom. The van der Waals surface area contributed by atoms with Crippen molar-refractivity contribution >= 4 is 33.4 Å². The third-order valence-corrected chi connectivity index (χ3v) is 5.40. The molecule has 13 heteroatoms. The van der Waals surface area contributed by atoms with Crippen molar-refractivity contribution in [2.24, 2.45) is 0 Å². The molecule has 2 aromatic heterocycles. The lowest BCUT2D eigenvalue weighted by atomic mass is 10.2. The number of nitrogens with zero attached hydrogens (tertiary/aromatic N) is 5. The lowest BCUT2D eigenvalue weighted by Gasteiger charge is -2.07. The SMILES string of the molecule is Cc1nn(CC(=O)NCCNC(=O)c2nc(-c3cccc([N+](=O)[O-])c3)no2)c(C)c1Br. The molecule has 0 bridgehead atoms. The van der Waals surface area contributed by atoms with Crippen molar-refractivity contribution in [1.82, 2.24) is 30.6 Å². The van der Waals surface area contributed by atoms with E-state index in [-0.39, 0.29) is 42.9 Å². The van der Waals surface area contributed by atoms with Crippen molar-refractivity contribution in [3.8, 4) is 11.4 Å². The fraction of sp³-hybridized carbons (Fsp3) is 0.278. The highest BCUT2D eigenvalue weighted by Gasteiger charge is 2.17. The first-order valence-electron chi connectivity index (χ1n) is 9.09. The van der Waals surface area contributed by atoms with Crippen LogP contribution in [0.15, 0.2) is 33.3 Å². The van der Waals surface area contributed by atoms with Gasteiger partial charge in [0.15, 0.2) is 0 Å². The van der Waals surface area contributed by atoms with Crippen LogP contribution < -0.4 is 10.6 Å². The van der Waals surface area contributed by atoms with E-state index in [1.54, 1.807) is 10.7 Å². The number of nitro benzene ring substituents is 1. The number of hydrogen-bond donors (Lipinski definition) is 2. The summed E-state index contributed by atoms with van der Waals surface area (Å²) in [6.07, 6.45) is 0. The van der Waals surface area contributed by atoms with Gasteiger partial charge in [0.25, 0.3) is 5.69 Å². The number of amides is 2. The summed E-state index contributed by atoms with van der Waals surface area (Å²) in [6, 6.07) is 5.66. The molecule has 0 aliphatic heterocycles. The predicted molar refractivity (Wildman–Crippen MR) is 111 cm³/mol. The fourth-order valence-corrected chi connectivity index (χ4v) is 2.95. The van der Waals surface area contributed by atoms with Crippen molar-refractivity contribution in [1.29, 1.82) is 0 Å². The van der Waals surface area contributed by atoms with Crippen LogP contribution in [0.3, 0.4) is 0 Å². The fourth-order valence-electron chi connectivity index (χ4n) is 2.67. The van der Waals surface area contributed by atoms with Crippen LogP contribution in [0.2, 0.25) is 0 Å². The minimum absolute atomic E-state index is 0.0539. The Kier molecular flexibility index (Phi) is 6.74. The Morgan fingerprint density at radius 2 is 2.00 bits per heavy atom. The predicted octanol–water partition coefficient (Wildman–Crippen LogP) is 1.77. The maximum atomic E-state index is 12.1. The maximum absolute atomic E-state index is 12.1. The summed E-state index contributed by atoms with van der Waals surface area (Å²) in [5.41, 5.74) is 1.86. The van der Waals surface area contributed by atoms with Crippen LogP contribution in [0.1, 0.15) is 22.1 Å². The summed E-state index contributed by atoms with van der Waals surface area (Å²) in [5, 5.41) is 24.0. The molecule has 2 amide bonds. The molecule has 0 unspecified atom stereocenters. The lowest BCUT2D eigenvalue weighted by molar-refractivity contribution is -0.384. The second kappa shape index (κ2) is 9.47. The number of aromatic nitrogens is 4. The first-order valence-corrected chi connectivity index (χ1v) is 9.88. The Hall–Kier alpha value is -3.61. The molecule has 1 aromatic carbocycles. The number of hydrogen-bond acceptors (Lipinski definition) is 8. The van der Waals surface area contributed by atoms with Gasteiger partial charge in [0, 0.05) is 30.8 Å². The molecule has 3 rings (SSSR count). The van der Waals surface area contributed by atoms with Gasteiger partial charge < -0.3 is 15.2 Å². The third kappa shape index (κ3) is 5.31. The van der Waals surface area contributed by atoms with Crippen LogP contribution in [-0.4, -0.2) is 49.7 Å². The number of non-ortho nitro benzene ring substituents is 1. The highest BCUT2D eigenvalue weighted by atomic mass is 79.9. The summed E-state index contributed by atoms with van der Waals surface area (Å²) in [6.45, 7) is 4.08. The standard InChI is InChI=1S/C18H18BrN7O5/c1-10-15(19)11(2)25(23-10)9-14(27)20-6-7-21-17(28)18-22-16(24-31-18)12-4-3-5-13(8-12)26(29)30/h3-5,8H,6-7,9H2,1-2H3,(H,20,27)(H,21,28). The number of rotatable bonds is 8. The molecular formula is C18H18BrN7O5. The van der Waals surface area contributed by atoms with E-state index in [9.17, 15) is 19.7 Å². The number of nitrogens with one attached hydrogen (secondary N) is 2. The Morgan fingerprint density at radius 1 is 1.26 bits per heavy atom. The van der Waals surface area contributed by atoms with E-state index >= 15 is 0 Å². The summed E-state index contributed by atoms with van der Waals surface area (Å²) in [4.78, 5) is 38.5. The van der Waals surface area contributed by atoms with Crippen LogP contribution in [0.5, 0.6) is 0 Å². The molecule has 0 aliphatic rings. The number of halogens is 1. The molecule has 0 radical (unpaired) electrons. The van der Waals surface area contributed by atoms with Crippen LogP contribution in [0.25, 0.3) is 11.4 Å². The van der Waals surface area contributed by atoms with E-state index in [0.29, 0.717) is 5.56 Å². The Labute approximate surface area is 184 Å². The average Bonchev–Trinajstić information content (AvgIpc) is 3.33. The second-order valence-corrected chi connectivity index (χ2v) is 7.27. The van der Waals surface area contributed by atoms with E-state index in [4.69, 9.17) is 4.52 Å². The Balaban J connectivity index is 1.48. The topological polar surface area (TPSA) is 158 Å². The van der Waals surface area contributed by atoms with Gasteiger partial charge >= 0.3 is 11.8 Å². The van der Waals surface area contributed by atoms with Crippen molar-refractivity contribution in [2.75, 3.05) is 13.1 Å². The molecule has 2 heterocycles.